The van der Waals surface area contributed by atoms with Crippen LogP contribution >= 0.6 is 0 Å². The van der Waals surface area contributed by atoms with Crippen LogP contribution in [0.5, 0.6) is 0 Å². The number of benzene rings is 4. The smallest absolute Gasteiger partial charge is 0.0377 e. The molecule has 2 heteroatoms. The van der Waals surface area contributed by atoms with E-state index in [-0.39, 0.29) is 25.8 Å². The maximum Gasteiger partial charge on any atom is 0.0377 e. The van der Waals surface area contributed by atoms with Crippen molar-refractivity contribution in [3.8, 4) is 22.3 Å². The van der Waals surface area contributed by atoms with Crippen molar-refractivity contribution in [3.05, 3.63) is 143 Å². The van der Waals surface area contributed by atoms with Gasteiger partial charge in [0.2, 0.25) is 0 Å². The molecular formula is C44H50HfSi-2. The third kappa shape index (κ3) is 8.29. The fourth-order valence-electron chi connectivity index (χ4n) is 7.20. The number of hydrogen-bond acceptors (Lipinski definition) is 0. The van der Waals surface area contributed by atoms with Crippen molar-refractivity contribution < 1.29 is 25.8 Å². The number of hydrogen-bond donors (Lipinski definition) is 0. The van der Waals surface area contributed by atoms with Crippen LogP contribution in [-0.4, -0.2) is 9.52 Å². The van der Waals surface area contributed by atoms with Crippen LogP contribution in [0.4, 0.5) is 0 Å². The van der Waals surface area contributed by atoms with Gasteiger partial charge in [-0.1, -0.05) is 183 Å². The summed E-state index contributed by atoms with van der Waals surface area (Å²) in [7, 11) is 1.31. The topological polar surface area (TPSA) is 0 Å². The van der Waals surface area contributed by atoms with Crippen LogP contribution in [0.3, 0.4) is 0 Å². The molecule has 0 nitrogen and oxygen atoms in total. The predicted molar refractivity (Wildman–Crippen MR) is 200 cm³/mol. The van der Waals surface area contributed by atoms with Gasteiger partial charge in [0.05, 0.1) is 0 Å². The molecule has 4 aromatic rings. The Morgan fingerprint density at radius 3 is 1.41 bits per heavy atom. The van der Waals surface area contributed by atoms with Crippen LogP contribution in [-0.2, 0) is 25.8 Å². The Labute approximate surface area is 301 Å². The normalized spacial score (nSPS) is 17.4. The maximum atomic E-state index is 3.60. The summed E-state index contributed by atoms with van der Waals surface area (Å²) in [6, 6.07) is 38.5. The van der Waals surface area contributed by atoms with Crippen LogP contribution in [0.15, 0.2) is 108 Å². The molecule has 1 heterocycles. The number of unbranched alkanes of at least 4 members (excludes halogenated alkanes) is 1. The van der Waals surface area contributed by atoms with Gasteiger partial charge in [-0.3, -0.25) is 5.92 Å². The van der Waals surface area contributed by atoms with E-state index in [2.05, 4.69) is 144 Å². The van der Waals surface area contributed by atoms with Gasteiger partial charge in [-0.2, -0.15) is 12.8 Å². The molecule has 0 N–H and O–H groups in total. The molecule has 236 valence electrons. The molecule has 0 saturated carbocycles. The summed E-state index contributed by atoms with van der Waals surface area (Å²) >= 11 is 0. The van der Waals surface area contributed by atoms with Crippen molar-refractivity contribution in [3.63, 3.8) is 0 Å². The number of allylic oxidation sites excluding steroid dienone is 2. The predicted octanol–water partition coefficient (Wildman–Crippen LogP) is 13.0. The summed E-state index contributed by atoms with van der Waals surface area (Å²) in [4.78, 5) is 0. The molecule has 1 aliphatic heterocycles. The standard InChI is InChI=1S/C36H33.C4H8Si.C4H9.Hf/c1-4-13-32(35-24(2)22-33-28(18-11-20-30(33)35)26-14-7-5-8-15-26)36-25(3)23-34-29(19-12-21-31(34)36)27-16-9-6-10-17-27;1-2-4-5-3-1;1-3-4-2;/h5-12,14-23,35-36H,4,13H2,1-3H3;1-4H2;1,3-4H2,2H3;/q-1;;-1;. The SMILES string of the molecule is C1CC[Si]C1.CCC[C-](C1C(C)=Cc2c(-c3ccccc3)cccc21)C1C(C)=Cc2c(-c3ccccc3)cccc21.[CH2-]CCC.[Hf]. The molecule has 2 aliphatic carbocycles. The molecular weight excluding hydrogens is 735 g/mol. The van der Waals surface area contributed by atoms with Gasteiger partial charge in [0.15, 0.2) is 0 Å². The molecule has 46 heavy (non-hydrogen) atoms. The van der Waals surface area contributed by atoms with E-state index in [1.807, 2.05) is 0 Å². The number of fused-ring (bicyclic) bond motifs is 2. The monoisotopic (exact) mass is 786 g/mol. The van der Waals surface area contributed by atoms with E-state index >= 15 is 0 Å². The van der Waals surface area contributed by atoms with Crippen LogP contribution in [0.25, 0.3) is 34.4 Å². The Bertz CT molecular complexity index is 1460. The van der Waals surface area contributed by atoms with Crippen molar-refractivity contribution in [1.82, 2.24) is 0 Å². The first kappa shape index (κ1) is 36.3. The summed E-state index contributed by atoms with van der Waals surface area (Å²) in [5.74, 6) is 2.37. The van der Waals surface area contributed by atoms with Crippen molar-refractivity contribution >= 4 is 21.7 Å². The molecule has 2 radical (unpaired) electrons. The van der Waals surface area contributed by atoms with Gasteiger partial charge in [-0.15, -0.1) is 11.8 Å². The van der Waals surface area contributed by atoms with E-state index in [9.17, 15) is 0 Å². The first-order chi connectivity index (χ1) is 22.1. The molecule has 0 spiro atoms. The molecule has 7 rings (SSSR count). The van der Waals surface area contributed by atoms with Gasteiger partial charge in [0.1, 0.15) is 0 Å². The van der Waals surface area contributed by atoms with E-state index in [0.717, 1.165) is 19.3 Å². The minimum atomic E-state index is 0. The second-order valence-electron chi connectivity index (χ2n) is 12.6. The third-order valence-electron chi connectivity index (χ3n) is 9.32. The summed E-state index contributed by atoms with van der Waals surface area (Å²) in [5, 5.41) is 0. The average molecular weight is 785 g/mol. The molecule has 3 aliphatic rings. The molecule has 4 aromatic carbocycles. The minimum absolute atomic E-state index is 0. The first-order valence-corrected chi connectivity index (χ1v) is 18.6. The Morgan fingerprint density at radius 2 is 1.07 bits per heavy atom. The van der Waals surface area contributed by atoms with Gasteiger partial charge < -0.3 is 6.92 Å². The summed E-state index contributed by atoms with van der Waals surface area (Å²) < 4.78 is 0. The second-order valence-corrected chi connectivity index (χ2v) is 14.1. The van der Waals surface area contributed by atoms with E-state index in [1.54, 1.807) is 5.92 Å². The fraction of sp³-hybridized carbons (Fsp3) is 0.318. The van der Waals surface area contributed by atoms with Gasteiger partial charge in [-0.05, 0) is 47.2 Å². The Balaban J connectivity index is 0.000000421. The minimum Gasteiger partial charge on any atom is -0.343 e. The second kappa shape index (κ2) is 18.1. The van der Waals surface area contributed by atoms with Gasteiger partial charge in [0, 0.05) is 35.4 Å². The zero-order valence-corrected chi connectivity index (χ0v) is 33.0. The third-order valence-corrected chi connectivity index (χ3v) is 10.7. The summed E-state index contributed by atoms with van der Waals surface area (Å²) in [6.45, 7) is 12.7. The van der Waals surface area contributed by atoms with E-state index in [4.69, 9.17) is 0 Å². The van der Waals surface area contributed by atoms with E-state index in [1.165, 1.54) is 96.5 Å². The molecule has 0 aromatic heterocycles. The first-order valence-electron chi connectivity index (χ1n) is 17.2. The zero-order chi connectivity index (χ0) is 31.6. The van der Waals surface area contributed by atoms with Gasteiger partial charge in [0.25, 0.3) is 0 Å². The van der Waals surface area contributed by atoms with Crippen molar-refractivity contribution in [2.24, 2.45) is 0 Å². The molecule has 2 atom stereocenters. The summed E-state index contributed by atoms with van der Waals surface area (Å²) in [5.41, 5.74) is 14.0. The van der Waals surface area contributed by atoms with Crippen LogP contribution in [0, 0.1) is 12.8 Å². The molecule has 2 unspecified atom stereocenters. The van der Waals surface area contributed by atoms with Crippen LogP contribution < -0.4 is 0 Å². The van der Waals surface area contributed by atoms with Crippen molar-refractivity contribution in [1.29, 1.82) is 0 Å². The Morgan fingerprint density at radius 1 is 0.630 bits per heavy atom. The molecule has 1 fully saturated rings. The van der Waals surface area contributed by atoms with Crippen molar-refractivity contribution in [2.75, 3.05) is 0 Å². The Kier molecular flexibility index (Phi) is 14.3. The maximum absolute atomic E-state index is 3.60. The van der Waals surface area contributed by atoms with Crippen molar-refractivity contribution in [2.45, 2.75) is 90.1 Å². The van der Waals surface area contributed by atoms with E-state index in [0.29, 0.717) is 11.8 Å². The summed E-state index contributed by atoms with van der Waals surface area (Å²) in [6.07, 6.45) is 12.5. The number of rotatable bonds is 7. The van der Waals surface area contributed by atoms with Gasteiger partial charge >= 0.3 is 0 Å². The zero-order valence-electron chi connectivity index (χ0n) is 28.4. The molecule has 0 amide bonds. The largest absolute Gasteiger partial charge is 0.343 e. The van der Waals surface area contributed by atoms with Gasteiger partial charge in [-0.25, -0.2) is 0 Å². The quantitative estimate of drug-likeness (QED) is 0.129. The fourth-order valence-corrected chi connectivity index (χ4v) is 8.45. The molecule has 0 bridgehead atoms. The molecule has 1 saturated heterocycles. The van der Waals surface area contributed by atoms with Crippen LogP contribution in [0.1, 0.15) is 100 Å². The van der Waals surface area contributed by atoms with Crippen LogP contribution in [0.2, 0.25) is 12.1 Å². The Hall–Kier alpha value is -2.55. The average Bonchev–Trinajstić information content (AvgIpc) is 3.84. The van der Waals surface area contributed by atoms with E-state index < -0.39 is 0 Å².